The third-order valence-corrected chi connectivity index (χ3v) is 5.98. The zero-order valence-corrected chi connectivity index (χ0v) is 17.1. The van der Waals surface area contributed by atoms with Crippen LogP contribution in [0.5, 0.6) is 0 Å². The summed E-state index contributed by atoms with van der Waals surface area (Å²) >= 11 is 0. The first-order chi connectivity index (χ1) is 14.4. The van der Waals surface area contributed by atoms with Gasteiger partial charge in [-0.3, -0.25) is 19.3 Å². The van der Waals surface area contributed by atoms with Crippen molar-refractivity contribution in [3.8, 4) is 0 Å². The van der Waals surface area contributed by atoms with Crippen LogP contribution in [0.1, 0.15) is 42.9 Å². The monoisotopic (exact) mass is 429 g/mol. The van der Waals surface area contributed by atoms with Crippen molar-refractivity contribution in [1.82, 2.24) is 4.72 Å². The molecule has 30 heavy (non-hydrogen) atoms. The third kappa shape index (κ3) is 5.24. The summed E-state index contributed by atoms with van der Waals surface area (Å²) in [6.07, 6.45) is 1.00. The first-order valence-electron chi connectivity index (χ1n) is 9.59. The van der Waals surface area contributed by atoms with Crippen LogP contribution in [0.25, 0.3) is 0 Å². The lowest BCUT2D eigenvalue weighted by molar-refractivity contribution is -0.155. The number of nitrogens with zero attached hydrogens (tertiary/aromatic N) is 1. The molecule has 3 N–H and O–H groups in total. The van der Waals surface area contributed by atoms with Gasteiger partial charge >= 0.3 is 5.97 Å². The molecule has 0 bridgehead atoms. The van der Waals surface area contributed by atoms with Crippen molar-refractivity contribution < 1.29 is 22.7 Å². The summed E-state index contributed by atoms with van der Waals surface area (Å²) in [5, 5.41) is 0. The van der Waals surface area contributed by atoms with Gasteiger partial charge in [0.05, 0.1) is 4.90 Å². The summed E-state index contributed by atoms with van der Waals surface area (Å²) in [4.78, 5) is 28.2. The number of carbonyl (C=O) groups excluding carboxylic acids is 2. The highest BCUT2D eigenvalue weighted by Crippen LogP contribution is 2.22. The van der Waals surface area contributed by atoms with Crippen molar-refractivity contribution in [3.63, 3.8) is 0 Å². The van der Waals surface area contributed by atoms with E-state index in [1.807, 2.05) is 0 Å². The van der Waals surface area contributed by atoms with E-state index in [-0.39, 0.29) is 11.3 Å². The Hall–Kier alpha value is -3.20. The Labute approximate surface area is 175 Å². The van der Waals surface area contributed by atoms with Crippen molar-refractivity contribution in [3.05, 3.63) is 65.7 Å². The van der Waals surface area contributed by atoms with Crippen LogP contribution >= 0.6 is 0 Å². The van der Waals surface area contributed by atoms with Gasteiger partial charge in [0, 0.05) is 24.1 Å². The molecule has 9 heteroatoms. The molecule has 1 amide bonds. The summed E-state index contributed by atoms with van der Waals surface area (Å²) in [6.45, 7) is 0.426. The molecule has 1 aliphatic rings. The van der Waals surface area contributed by atoms with E-state index in [4.69, 9.17) is 10.5 Å². The molecule has 8 nitrogen and oxygen atoms in total. The second-order valence-corrected chi connectivity index (χ2v) is 8.48. The number of unbranched alkanes of at least 4 members (excludes halogenated alkanes) is 2. The van der Waals surface area contributed by atoms with E-state index in [1.165, 1.54) is 0 Å². The first kappa shape index (κ1) is 21.5. The van der Waals surface area contributed by atoms with E-state index in [9.17, 15) is 18.0 Å². The summed E-state index contributed by atoms with van der Waals surface area (Å²) < 4.78 is 31.8. The van der Waals surface area contributed by atoms with Gasteiger partial charge in [-0.05, 0) is 25.0 Å². The smallest absolute Gasteiger partial charge is 0.306 e. The van der Waals surface area contributed by atoms with E-state index < -0.39 is 28.0 Å². The average Bonchev–Trinajstić information content (AvgIpc) is 2.99. The fraction of sp³-hybridized carbons (Fsp3) is 0.286. The Morgan fingerprint density at radius 1 is 1.00 bits per heavy atom. The number of aliphatic imine (C=N–C) groups is 1. The van der Waals surface area contributed by atoms with Gasteiger partial charge in [0.15, 0.2) is 0 Å². The average molecular weight is 429 g/mol. The zero-order chi connectivity index (χ0) is 21.6. The molecule has 0 saturated heterocycles. The molecule has 2 aromatic rings. The van der Waals surface area contributed by atoms with Crippen molar-refractivity contribution in [2.24, 2.45) is 10.7 Å². The molecule has 158 valence electrons. The van der Waals surface area contributed by atoms with Crippen LogP contribution in [0.4, 0.5) is 0 Å². The minimum absolute atomic E-state index is 0.155. The summed E-state index contributed by atoms with van der Waals surface area (Å²) in [5.74, 6) is -0.867. The maximum absolute atomic E-state index is 12.0. The predicted molar refractivity (Wildman–Crippen MR) is 111 cm³/mol. The Bertz CT molecular complexity index is 1050. The van der Waals surface area contributed by atoms with Gasteiger partial charge in [0.25, 0.3) is 15.9 Å². The lowest BCUT2D eigenvalue weighted by Gasteiger charge is -2.14. The molecule has 1 aliphatic heterocycles. The molecule has 0 saturated carbocycles. The number of nitrogens with two attached hydrogens (primary N) is 1. The topological polar surface area (TPSA) is 128 Å². The lowest BCUT2D eigenvalue weighted by atomic mass is 10.1. The van der Waals surface area contributed by atoms with Crippen LogP contribution in [-0.2, 0) is 24.3 Å². The van der Waals surface area contributed by atoms with Gasteiger partial charge in [0.2, 0.25) is 6.10 Å². The number of benzene rings is 2. The Balaban J connectivity index is 1.43. The standard InChI is InChI=1S/C21H23N3O5S/c22-20(26)19(15-9-3-1-4-10-15)29-18(25)13-5-2-8-14-23-21-16-11-6-7-12-17(16)30(27,28)24-21/h1,3-4,6-7,9-12,19H,2,5,8,13-14H2,(H2,22,26)(H,23,24). The fourth-order valence-corrected chi connectivity index (χ4v) is 4.36. The van der Waals surface area contributed by atoms with Crippen LogP contribution in [-0.4, -0.2) is 32.7 Å². The van der Waals surface area contributed by atoms with E-state index in [1.54, 1.807) is 54.6 Å². The van der Waals surface area contributed by atoms with Gasteiger partial charge in [-0.1, -0.05) is 48.9 Å². The number of nitrogens with one attached hydrogen (secondary N) is 1. The number of esters is 1. The summed E-state index contributed by atoms with van der Waals surface area (Å²) in [5.41, 5.74) is 6.45. The van der Waals surface area contributed by atoms with Crippen LogP contribution in [0, 0.1) is 0 Å². The number of rotatable bonds is 9. The Kier molecular flexibility index (Phi) is 6.83. The second-order valence-electron chi connectivity index (χ2n) is 6.83. The first-order valence-corrected chi connectivity index (χ1v) is 11.1. The maximum Gasteiger partial charge on any atom is 0.306 e. The number of hydrogen-bond acceptors (Lipinski definition) is 6. The van der Waals surface area contributed by atoms with Crippen molar-refractivity contribution >= 4 is 27.7 Å². The van der Waals surface area contributed by atoms with Gasteiger partial charge in [-0.25, -0.2) is 8.42 Å². The molecule has 2 aromatic carbocycles. The zero-order valence-electron chi connectivity index (χ0n) is 16.3. The van der Waals surface area contributed by atoms with Crippen molar-refractivity contribution in [2.75, 3.05) is 6.54 Å². The molecule has 1 heterocycles. The predicted octanol–water partition coefficient (Wildman–Crippen LogP) is 2.06. The number of amidine groups is 1. The number of sulfonamides is 1. The van der Waals surface area contributed by atoms with Gasteiger partial charge in [-0.15, -0.1) is 0 Å². The van der Waals surface area contributed by atoms with Crippen molar-refractivity contribution in [1.29, 1.82) is 0 Å². The maximum atomic E-state index is 12.0. The van der Waals surface area contributed by atoms with Crippen LogP contribution < -0.4 is 10.5 Å². The van der Waals surface area contributed by atoms with E-state index in [0.29, 0.717) is 42.8 Å². The summed E-state index contributed by atoms with van der Waals surface area (Å²) in [7, 11) is -3.53. The largest absolute Gasteiger partial charge is 0.447 e. The van der Waals surface area contributed by atoms with E-state index >= 15 is 0 Å². The van der Waals surface area contributed by atoms with E-state index in [0.717, 1.165) is 0 Å². The molecule has 0 fully saturated rings. The molecular formula is C21H23N3O5S. The minimum Gasteiger partial charge on any atom is -0.447 e. The minimum atomic E-state index is -3.53. The highest BCUT2D eigenvalue weighted by Gasteiger charge is 2.29. The third-order valence-electron chi connectivity index (χ3n) is 4.58. The molecule has 0 aromatic heterocycles. The number of hydrogen-bond donors (Lipinski definition) is 2. The van der Waals surface area contributed by atoms with E-state index in [2.05, 4.69) is 9.71 Å². The number of fused-ring (bicyclic) bond motifs is 1. The summed E-state index contributed by atoms with van der Waals surface area (Å²) in [6, 6.07) is 15.3. The van der Waals surface area contributed by atoms with Gasteiger partial charge in [-0.2, -0.15) is 0 Å². The number of primary amides is 1. The van der Waals surface area contributed by atoms with Crippen LogP contribution in [0.2, 0.25) is 0 Å². The fourth-order valence-electron chi connectivity index (χ4n) is 3.11. The van der Waals surface area contributed by atoms with Crippen molar-refractivity contribution in [2.45, 2.75) is 36.7 Å². The number of amides is 1. The quantitative estimate of drug-likeness (QED) is 0.466. The molecule has 0 radical (unpaired) electrons. The molecule has 0 aliphatic carbocycles. The highest BCUT2D eigenvalue weighted by atomic mass is 32.2. The van der Waals surface area contributed by atoms with Gasteiger partial charge in [0.1, 0.15) is 5.84 Å². The van der Waals surface area contributed by atoms with Crippen LogP contribution in [0.3, 0.4) is 0 Å². The Morgan fingerprint density at radius 2 is 1.70 bits per heavy atom. The van der Waals surface area contributed by atoms with Crippen LogP contribution in [0.15, 0.2) is 64.5 Å². The van der Waals surface area contributed by atoms with Gasteiger partial charge < -0.3 is 10.5 Å². The second kappa shape index (κ2) is 9.53. The highest BCUT2D eigenvalue weighted by molar-refractivity contribution is 7.90. The number of carbonyl (C=O) groups is 2. The molecule has 3 rings (SSSR count). The number of ether oxygens (including phenoxy) is 1. The SMILES string of the molecule is NC(=O)C(OC(=O)CCCCCN=C1NS(=O)(=O)c2ccccc21)c1ccccc1. The molecular weight excluding hydrogens is 406 g/mol. The lowest BCUT2D eigenvalue weighted by Crippen LogP contribution is -2.26. The Morgan fingerprint density at radius 3 is 2.43 bits per heavy atom. The molecule has 0 spiro atoms. The normalized spacial score (nSPS) is 16.5. The molecule has 1 unspecified atom stereocenters. The molecule has 1 atom stereocenters.